The van der Waals surface area contributed by atoms with Crippen molar-refractivity contribution >= 4 is 18.0 Å². The Morgan fingerprint density at radius 3 is 2.81 bits per heavy atom. The van der Waals surface area contributed by atoms with Gasteiger partial charge in [-0.25, -0.2) is 4.79 Å². The van der Waals surface area contributed by atoms with Crippen molar-refractivity contribution in [3.8, 4) is 0 Å². The number of benzene rings is 1. The minimum Gasteiger partial charge on any atom is -0.478 e. The van der Waals surface area contributed by atoms with Gasteiger partial charge in [0, 0.05) is 18.2 Å². The second-order valence-electron chi connectivity index (χ2n) is 5.59. The van der Waals surface area contributed by atoms with E-state index in [0.29, 0.717) is 17.7 Å². The van der Waals surface area contributed by atoms with Crippen molar-refractivity contribution in [1.82, 2.24) is 5.32 Å². The third-order valence-corrected chi connectivity index (χ3v) is 3.70. The first-order chi connectivity index (χ1) is 10.1. The predicted octanol–water partition coefficient (Wildman–Crippen LogP) is 3.01. The van der Waals surface area contributed by atoms with Crippen molar-refractivity contribution in [3.05, 3.63) is 41.0 Å². The van der Waals surface area contributed by atoms with Crippen LogP contribution in [0.2, 0.25) is 0 Å². The standard InChI is InChI=1S/C17H21NO3/c1-12-4-5-14(8-9-16(19)20)11-15(12)17(21)18-10-2-3-13-6-7-13/h4-5,8-9,11,13H,2-3,6-7,10H2,1H3,(H,18,21)(H,19,20)/b9-8+. The molecule has 0 heterocycles. The maximum atomic E-state index is 12.2. The second kappa shape index (κ2) is 7.07. The van der Waals surface area contributed by atoms with Gasteiger partial charge in [-0.2, -0.15) is 0 Å². The summed E-state index contributed by atoms with van der Waals surface area (Å²) < 4.78 is 0. The number of aliphatic carboxylic acids is 1. The average molecular weight is 287 g/mol. The fourth-order valence-electron chi connectivity index (χ4n) is 2.25. The number of aryl methyl sites for hydroxylation is 1. The van der Waals surface area contributed by atoms with Crippen LogP contribution in [-0.2, 0) is 4.79 Å². The fraction of sp³-hybridized carbons (Fsp3) is 0.412. The summed E-state index contributed by atoms with van der Waals surface area (Å²) in [5.41, 5.74) is 2.21. The lowest BCUT2D eigenvalue weighted by atomic mass is 10.0. The fourth-order valence-corrected chi connectivity index (χ4v) is 2.25. The summed E-state index contributed by atoms with van der Waals surface area (Å²) in [6.45, 7) is 2.58. The van der Waals surface area contributed by atoms with Crippen molar-refractivity contribution in [3.63, 3.8) is 0 Å². The molecule has 0 saturated heterocycles. The molecular weight excluding hydrogens is 266 g/mol. The second-order valence-corrected chi connectivity index (χ2v) is 5.59. The molecule has 1 aliphatic rings. The largest absolute Gasteiger partial charge is 0.478 e. The number of carboxylic acid groups (broad SMARTS) is 1. The van der Waals surface area contributed by atoms with Crippen LogP contribution >= 0.6 is 0 Å². The van der Waals surface area contributed by atoms with Gasteiger partial charge < -0.3 is 10.4 Å². The summed E-state index contributed by atoms with van der Waals surface area (Å²) in [5.74, 6) is -0.205. The van der Waals surface area contributed by atoms with Gasteiger partial charge in [-0.1, -0.05) is 25.0 Å². The van der Waals surface area contributed by atoms with E-state index >= 15 is 0 Å². The lowest BCUT2D eigenvalue weighted by Gasteiger charge is -2.08. The van der Waals surface area contributed by atoms with E-state index in [-0.39, 0.29) is 5.91 Å². The van der Waals surface area contributed by atoms with Crippen molar-refractivity contribution in [1.29, 1.82) is 0 Å². The van der Waals surface area contributed by atoms with Gasteiger partial charge in [-0.05, 0) is 49.0 Å². The number of rotatable bonds is 7. The highest BCUT2D eigenvalue weighted by molar-refractivity contribution is 5.96. The van der Waals surface area contributed by atoms with Crippen LogP contribution in [0.15, 0.2) is 24.3 Å². The smallest absolute Gasteiger partial charge is 0.328 e. The highest BCUT2D eigenvalue weighted by atomic mass is 16.4. The van der Waals surface area contributed by atoms with E-state index in [9.17, 15) is 9.59 Å². The lowest BCUT2D eigenvalue weighted by molar-refractivity contribution is -0.131. The lowest BCUT2D eigenvalue weighted by Crippen LogP contribution is -2.25. The zero-order valence-electron chi connectivity index (χ0n) is 12.3. The minimum atomic E-state index is -0.998. The van der Waals surface area contributed by atoms with Gasteiger partial charge in [0.05, 0.1) is 0 Å². The van der Waals surface area contributed by atoms with Crippen LogP contribution in [0.4, 0.5) is 0 Å². The SMILES string of the molecule is Cc1ccc(/C=C/C(=O)O)cc1C(=O)NCCCC1CC1. The normalized spacial score (nSPS) is 14.3. The Hall–Kier alpha value is -2.10. The van der Waals surface area contributed by atoms with E-state index in [2.05, 4.69) is 5.32 Å². The number of carbonyl (C=O) groups is 2. The first-order valence-corrected chi connectivity index (χ1v) is 7.36. The van der Waals surface area contributed by atoms with Crippen LogP contribution in [0, 0.1) is 12.8 Å². The third kappa shape index (κ3) is 5.06. The molecule has 1 amide bonds. The molecule has 0 atom stereocenters. The van der Waals surface area contributed by atoms with Gasteiger partial charge >= 0.3 is 5.97 Å². The molecule has 1 fully saturated rings. The topological polar surface area (TPSA) is 66.4 Å². The molecule has 1 saturated carbocycles. The van der Waals surface area contributed by atoms with Crippen LogP contribution in [0.25, 0.3) is 6.08 Å². The summed E-state index contributed by atoms with van der Waals surface area (Å²) in [7, 11) is 0. The summed E-state index contributed by atoms with van der Waals surface area (Å²) in [6, 6.07) is 5.37. The summed E-state index contributed by atoms with van der Waals surface area (Å²) >= 11 is 0. The molecule has 0 spiro atoms. The molecule has 1 aromatic rings. The van der Waals surface area contributed by atoms with Gasteiger partial charge in [-0.3, -0.25) is 4.79 Å². The van der Waals surface area contributed by atoms with Crippen LogP contribution in [0.1, 0.15) is 47.2 Å². The average Bonchev–Trinajstić information content (AvgIpc) is 3.26. The molecule has 0 bridgehead atoms. The zero-order chi connectivity index (χ0) is 15.2. The maximum absolute atomic E-state index is 12.2. The van der Waals surface area contributed by atoms with Gasteiger partial charge in [0.1, 0.15) is 0 Å². The summed E-state index contributed by atoms with van der Waals surface area (Å²) in [5, 5.41) is 11.6. The number of hydrogen-bond donors (Lipinski definition) is 2. The molecule has 2 N–H and O–H groups in total. The molecule has 2 rings (SSSR count). The van der Waals surface area contributed by atoms with Crippen molar-refractivity contribution in [2.45, 2.75) is 32.6 Å². The Bertz CT molecular complexity index is 559. The molecule has 1 aromatic carbocycles. The first-order valence-electron chi connectivity index (χ1n) is 7.36. The molecule has 0 aliphatic heterocycles. The van der Waals surface area contributed by atoms with E-state index in [1.165, 1.54) is 25.3 Å². The Kier molecular flexibility index (Phi) is 5.14. The van der Waals surface area contributed by atoms with Crippen molar-refractivity contribution < 1.29 is 14.7 Å². The predicted molar refractivity (Wildman–Crippen MR) is 82.1 cm³/mol. The van der Waals surface area contributed by atoms with Gasteiger partial charge in [0.2, 0.25) is 0 Å². The van der Waals surface area contributed by atoms with E-state index in [4.69, 9.17) is 5.11 Å². The number of hydrogen-bond acceptors (Lipinski definition) is 2. The Morgan fingerprint density at radius 1 is 1.38 bits per heavy atom. The molecule has 4 nitrogen and oxygen atoms in total. The Labute approximate surface area is 124 Å². The number of amides is 1. The molecule has 1 aliphatic carbocycles. The molecule has 0 radical (unpaired) electrons. The van der Waals surface area contributed by atoms with Gasteiger partial charge in [-0.15, -0.1) is 0 Å². The summed E-state index contributed by atoms with van der Waals surface area (Å²) in [4.78, 5) is 22.7. The van der Waals surface area contributed by atoms with Crippen LogP contribution in [0.3, 0.4) is 0 Å². The van der Waals surface area contributed by atoms with Crippen LogP contribution < -0.4 is 5.32 Å². The van der Waals surface area contributed by atoms with E-state index in [1.54, 1.807) is 12.1 Å². The molecule has 4 heteroatoms. The number of carboxylic acids is 1. The molecule has 21 heavy (non-hydrogen) atoms. The zero-order valence-corrected chi connectivity index (χ0v) is 12.3. The van der Waals surface area contributed by atoms with Crippen LogP contribution in [0.5, 0.6) is 0 Å². The monoisotopic (exact) mass is 287 g/mol. The van der Waals surface area contributed by atoms with Crippen LogP contribution in [-0.4, -0.2) is 23.5 Å². The summed E-state index contributed by atoms with van der Waals surface area (Å²) in [6.07, 6.45) is 7.46. The van der Waals surface area contributed by atoms with E-state index in [0.717, 1.165) is 24.0 Å². The Morgan fingerprint density at radius 2 is 2.14 bits per heavy atom. The molecular formula is C17H21NO3. The molecule has 112 valence electrons. The maximum Gasteiger partial charge on any atom is 0.328 e. The van der Waals surface area contributed by atoms with Crippen molar-refractivity contribution in [2.24, 2.45) is 5.92 Å². The third-order valence-electron chi connectivity index (χ3n) is 3.70. The highest BCUT2D eigenvalue weighted by Gasteiger charge is 2.20. The molecule has 0 unspecified atom stereocenters. The van der Waals surface area contributed by atoms with E-state index in [1.807, 2.05) is 13.0 Å². The highest BCUT2D eigenvalue weighted by Crippen LogP contribution is 2.33. The minimum absolute atomic E-state index is 0.0890. The van der Waals surface area contributed by atoms with Crippen molar-refractivity contribution in [2.75, 3.05) is 6.54 Å². The first kappa shape index (κ1) is 15.3. The van der Waals surface area contributed by atoms with Gasteiger partial charge in [0.15, 0.2) is 0 Å². The number of carbonyl (C=O) groups excluding carboxylic acids is 1. The van der Waals surface area contributed by atoms with E-state index < -0.39 is 5.97 Å². The number of nitrogens with one attached hydrogen (secondary N) is 1. The van der Waals surface area contributed by atoms with Gasteiger partial charge in [0.25, 0.3) is 5.91 Å². The quantitative estimate of drug-likeness (QED) is 0.598. The molecule has 0 aromatic heterocycles. The Balaban J connectivity index is 1.94.